The van der Waals surface area contributed by atoms with Gasteiger partial charge in [0.05, 0.1) is 0 Å². The number of hydrogen-bond acceptors (Lipinski definition) is 3. The van der Waals surface area contributed by atoms with Crippen LogP contribution in [0, 0.1) is 5.92 Å². The molecule has 2 atom stereocenters. The van der Waals surface area contributed by atoms with Crippen LogP contribution < -0.4 is 79.1 Å². The Kier molecular flexibility index (Phi) is 6.83. The van der Waals surface area contributed by atoms with E-state index in [0.29, 0.717) is 12.8 Å². The Morgan fingerprint density at radius 1 is 1.27 bits per heavy atom. The maximum Gasteiger partial charge on any atom is 1.00 e. The van der Waals surface area contributed by atoms with E-state index in [1.165, 1.54) is 0 Å². The Labute approximate surface area is 125 Å². The fraction of sp³-hybridized carbons (Fsp3) is 0.857. The maximum atomic E-state index is 10.9. The number of carbonyl (C=O) groups is 1. The zero-order valence-electron chi connectivity index (χ0n) is 6.71. The fourth-order valence-corrected chi connectivity index (χ4v) is 1.37. The molecule has 1 aliphatic carbocycles. The minimum atomic E-state index is -1.17. The second-order valence-electron chi connectivity index (χ2n) is 2.75. The summed E-state index contributed by atoms with van der Waals surface area (Å²) in [6.07, 6.45) is 1.82. The van der Waals surface area contributed by atoms with Crippen molar-refractivity contribution in [3.8, 4) is 0 Å². The van der Waals surface area contributed by atoms with Crippen LogP contribution in [0.15, 0.2) is 0 Å². The minimum Gasteiger partial charge on any atom is -0.851 e. The molecule has 0 spiro atoms. The predicted octanol–water partition coefficient (Wildman–Crippen LogP) is -4.34. The summed E-state index contributed by atoms with van der Waals surface area (Å²) in [5.74, 6) is -1.89. The monoisotopic (exact) mass is 275 g/mol. The summed E-state index contributed by atoms with van der Waals surface area (Å²) in [5, 5.41) is 21.2. The van der Waals surface area contributed by atoms with E-state index in [9.17, 15) is 15.0 Å². The number of carboxylic acid groups (broad SMARTS) is 1. The molecule has 0 heterocycles. The third kappa shape index (κ3) is 3.80. The number of hydrogen-bond donors (Lipinski definition) is 0. The van der Waals surface area contributed by atoms with Crippen molar-refractivity contribution < 1.29 is 83.9 Å². The predicted molar refractivity (Wildman–Crippen MR) is 30.8 cm³/mol. The molecule has 58 valence electrons. The average Bonchev–Trinajstić information content (AvgIpc) is 1.88. The van der Waals surface area contributed by atoms with Crippen LogP contribution in [-0.4, -0.2) is 12.1 Å². The number of carbonyl (C=O) groups excluding carboxylic acids is 1. The van der Waals surface area contributed by atoms with Crippen molar-refractivity contribution in [3.05, 3.63) is 0 Å². The van der Waals surface area contributed by atoms with E-state index in [1.54, 1.807) is 0 Å². The zero-order valence-corrected chi connectivity index (χ0v) is 13.0. The van der Waals surface area contributed by atoms with Gasteiger partial charge in [-0.15, -0.1) is 6.10 Å². The van der Waals surface area contributed by atoms with Crippen LogP contribution >= 0.6 is 0 Å². The molecule has 1 saturated carbocycles. The van der Waals surface area contributed by atoms with Crippen molar-refractivity contribution >= 4 is 5.97 Å². The van der Waals surface area contributed by atoms with Crippen molar-refractivity contribution in [2.24, 2.45) is 5.92 Å². The quantitative estimate of drug-likeness (QED) is 0.486. The van der Waals surface area contributed by atoms with Crippen molar-refractivity contribution in [1.29, 1.82) is 0 Å². The third-order valence-electron chi connectivity index (χ3n) is 2.01. The Morgan fingerprint density at radius 3 is 2.18 bits per heavy atom. The molecule has 0 aromatic rings. The van der Waals surface area contributed by atoms with Gasteiger partial charge in [0.1, 0.15) is 0 Å². The normalized spacial score (nSPS) is 30.6. The van der Waals surface area contributed by atoms with Crippen LogP contribution in [0.3, 0.4) is 0 Å². The molecule has 0 saturated heterocycles. The summed E-state index contributed by atoms with van der Waals surface area (Å²) in [7, 11) is 0. The second-order valence-corrected chi connectivity index (χ2v) is 2.75. The van der Waals surface area contributed by atoms with Gasteiger partial charge in [0, 0.05) is 5.97 Å². The molecule has 0 N–H and O–H groups in total. The van der Waals surface area contributed by atoms with E-state index >= 15 is 0 Å². The van der Waals surface area contributed by atoms with Crippen LogP contribution in [0.25, 0.3) is 0 Å². The van der Waals surface area contributed by atoms with Gasteiger partial charge in [-0.1, -0.05) is 19.3 Å². The van der Waals surface area contributed by atoms with E-state index in [2.05, 4.69) is 0 Å². The van der Waals surface area contributed by atoms with Crippen molar-refractivity contribution in [2.75, 3.05) is 0 Å². The molecule has 0 aliphatic heterocycles. The Balaban J connectivity index is 0.000001000. The van der Waals surface area contributed by atoms with Gasteiger partial charge in [0.15, 0.2) is 0 Å². The molecule has 1 fully saturated rings. The maximum absolute atomic E-state index is 10.9. The van der Waals surface area contributed by atoms with E-state index in [4.69, 9.17) is 0 Å². The second kappa shape index (κ2) is 6.02. The summed E-state index contributed by atoms with van der Waals surface area (Å²) in [6.45, 7) is 0. The minimum absolute atomic E-state index is 0. The molecule has 11 heavy (non-hydrogen) atoms. The fourth-order valence-electron chi connectivity index (χ4n) is 1.37. The standard InChI is InChI=1S/C7H11O3.Cs/c8-6-4-2-1-3-5(6)7(9)10;/h5-6H,1-4H2,(H,9,10);/q-1;+1/p-1. The van der Waals surface area contributed by atoms with E-state index in [-0.39, 0.29) is 68.9 Å². The molecule has 1 rings (SSSR count). The average molecular weight is 275 g/mol. The van der Waals surface area contributed by atoms with Crippen LogP contribution in [0.4, 0.5) is 0 Å². The van der Waals surface area contributed by atoms with Gasteiger partial charge in [0.2, 0.25) is 0 Å². The van der Waals surface area contributed by atoms with Crippen molar-refractivity contribution in [1.82, 2.24) is 0 Å². The largest absolute Gasteiger partial charge is 1.00 e. The summed E-state index contributed by atoms with van der Waals surface area (Å²) in [5.41, 5.74) is 0. The first-order valence-electron chi connectivity index (χ1n) is 3.58. The molecule has 0 aromatic heterocycles. The van der Waals surface area contributed by atoms with Crippen molar-refractivity contribution in [2.45, 2.75) is 31.8 Å². The molecule has 0 aromatic carbocycles. The number of rotatable bonds is 1. The zero-order chi connectivity index (χ0) is 7.56. The van der Waals surface area contributed by atoms with E-state index < -0.39 is 18.0 Å². The molecule has 0 bridgehead atoms. The molecule has 4 heteroatoms. The third-order valence-corrected chi connectivity index (χ3v) is 2.01. The molecule has 1 aliphatic rings. The number of carboxylic acids is 1. The molecule has 0 radical (unpaired) electrons. The Bertz CT molecular complexity index is 138. The van der Waals surface area contributed by atoms with E-state index in [0.717, 1.165) is 12.8 Å². The first-order valence-corrected chi connectivity index (χ1v) is 3.58. The first kappa shape index (κ1) is 12.5. The topological polar surface area (TPSA) is 63.2 Å². The molecular formula is C7H10CsO3-. The van der Waals surface area contributed by atoms with Gasteiger partial charge in [-0.05, 0) is 12.3 Å². The van der Waals surface area contributed by atoms with Gasteiger partial charge in [0.25, 0.3) is 0 Å². The summed E-state index contributed by atoms with van der Waals surface area (Å²) >= 11 is 0. The van der Waals surface area contributed by atoms with Crippen LogP contribution in [0.5, 0.6) is 0 Å². The molecule has 3 nitrogen and oxygen atoms in total. The van der Waals surface area contributed by atoms with Crippen LogP contribution in [-0.2, 0) is 4.79 Å². The van der Waals surface area contributed by atoms with Gasteiger partial charge in [-0.2, -0.15) is 0 Å². The summed E-state index contributed by atoms with van der Waals surface area (Å²) < 4.78 is 0. The molecule has 0 amide bonds. The van der Waals surface area contributed by atoms with Gasteiger partial charge < -0.3 is 15.0 Å². The van der Waals surface area contributed by atoms with Crippen LogP contribution in [0.2, 0.25) is 0 Å². The summed E-state index contributed by atoms with van der Waals surface area (Å²) in [6, 6.07) is 0. The van der Waals surface area contributed by atoms with Crippen LogP contribution in [0.1, 0.15) is 25.7 Å². The Morgan fingerprint density at radius 2 is 1.82 bits per heavy atom. The first-order chi connectivity index (χ1) is 4.72. The van der Waals surface area contributed by atoms with Gasteiger partial charge >= 0.3 is 68.9 Å². The molecule has 2 unspecified atom stereocenters. The van der Waals surface area contributed by atoms with E-state index in [1.807, 2.05) is 0 Å². The van der Waals surface area contributed by atoms with Crippen molar-refractivity contribution in [3.63, 3.8) is 0 Å². The Hall–Kier alpha value is 1.48. The number of aliphatic carboxylic acids is 1. The summed E-state index contributed by atoms with van der Waals surface area (Å²) in [4.78, 5) is 10.3. The van der Waals surface area contributed by atoms with Gasteiger partial charge in [-0.3, -0.25) is 0 Å². The smallest absolute Gasteiger partial charge is 0.851 e. The SMILES string of the molecule is O=C([O-])C1CCCCC1[O-].[Cs+]. The van der Waals surface area contributed by atoms with Gasteiger partial charge in [-0.25, -0.2) is 0 Å². The molecular weight excluding hydrogens is 265 g/mol.